The Morgan fingerprint density at radius 1 is 0.960 bits per heavy atom. The van der Waals surface area contributed by atoms with Crippen molar-refractivity contribution in [1.82, 2.24) is 4.90 Å². The molecule has 1 amide bonds. The number of hydrogen-bond donors (Lipinski definition) is 0. The maximum absolute atomic E-state index is 12.3. The highest BCUT2D eigenvalue weighted by Gasteiger charge is 2.13. The lowest BCUT2D eigenvalue weighted by atomic mass is 10.1. The topological polar surface area (TPSA) is 48.0 Å². The van der Waals surface area contributed by atoms with Crippen LogP contribution >= 0.6 is 0 Å². The summed E-state index contributed by atoms with van der Waals surface area (Å²) in [7, 11) is 4.95. The molecular weight excluding hydrogens is 318 g/mol. The van der Waals surface area contributed by atoms with Crippen LogP contribution in [-0.2, 0) is 11.3 Å². The first kappa shape index (κ1) is 18.6. The first-order chi connectivity index (χ1) is 11.9. The predicted octanol–water partition coefficient (Wildman–Crippen LogP) is 3.36. The van der Waals surface area contributed by atoms with E-state index >= 15 is 0 Å². The molecule has 0 saturated heterocycles. The van der Waals surface area contributed by atoms with Gasteiger partial charge in [-0.1, -0.05) is 6.07 Å². The highest BCUT2D eigenvalue weighted by molar-refractivity contribution is 5.77. The van der Waals surface area contributed by atoms with Crippen LogP contribution in [0.1, 0.15) is 16.7 Å². The lowest BCUT2D eigenvalue weighted by molar-refractivity contribution is -0.132. The lowest BCUT2D eigenvalue weighted by Crippen LogP contribution is -2.31. The molecule has 5 heteroatoms. The van der Waals surface area contributed by atoms with Crippen molar-refractivity contribution in [2.75, 3.05) is 27.9 Å². The van der Waals surface area contributed by atoms with Crippen LogP contribution in [0.2, 0.25) is 0 Å². The van der Waals surface area contributed by atoms with Crippen LogP contribution in [0.4, 0.5) is 0 Å². The van der Waals surface area contributed by atoms with Gasteiger partial charge in [-0.2, -0.15) is 0 Å². The molecule has 0 aromatic heterocycles. The Hall–Kier alpha value is -2.69. The molecule has 0 spiro atoms. The summed E-state index contributed by atoms with van der Waals surface area (Å²) in [5.74, 6) is 2.00. The number of amides is 1. The Kier molecular flexibility index (Phi) is 6.28. The quantitative estimate of drug-likeness (QED) is 0.773. The molecule has 0 bridgehead atoms. The zero-order valence-electron chi connectivity index (χ0n) is 15.5. The fraction of sp³-hybridized carbons (Fsp3) is 0.350. The number of carbonyl (C=O) groups excluding carboxylic acids is 1. The Balaban J connectivity index is 1.97. The minimum atomic E-state index is -0.101. The van der Waals surface area contributed by atoms with Gasteiger partial charge in [0.15, 0.2) is 6.61 Å². The van der Waals surface area contributed by atoms with E-state index in [9.17, 15) is 4.79 Å². The second kappa shape index (κ2) is 8.42. The Morgan fingerprint density at radius 3 is 2.32 bits per heavy atom. The van der Waals surface area contributed by atoms with Crippen LogP contribution in [0.5, 0.6) is 17.2 Å². The number of hydrogen-bond acceptors (Lipinski definition) is 4. The molecule has 134 valence electrons. The average Bonchev–Trinajstić information content (AvgIpc) is 2.62. The summed E-state index contributed by atoms with van der Waals surface area (Å²) in [4.78, 5) is 13.9. The number of rotatable bonds is 7. The van der Waals surface area contributed by atoms with Gasteiger partial charge in [0.05, 0.1) is 14.2 Å². The number of carbonyl (C=O) groups is 1. The van der Waals surface area contributed by atoms with E-state index in [0.29, 0.717) is 23.8 Å². The van der Waals surface area contributed by atoms with E-state index in [1.807, 2.05) is 44.2 Å². The van der Waals surface area contributed by atoms with Crippen LogP contribution in [0.3, 0.4) is 0 Å². The summed E-state index contributed by atoms with van der Waals surface area (Å²) in [6, 6.07) is 11.4. The summed E-state index contributed by atoms with van der Waals surface area (Å²) >= 11 is 0. The first-order valence-electron chi connectivity index (χ1n) is 8.09. The molecule has 0 aliphatic carbocycles. The van der Waals surface area contributed by atoms with Crippen molar-refractivity contribution in [2.24, 2.45) is 0 Å². The molecule has 25 heavy (non-hydrogen) atoms. The van der Waals surface area contributed by atoms with E-state index in [1.54, 1.807) is 32.2 Å². The van der Waals surface area contributed by atoms with Gasteiger partial charge in [0, 0.05) is 25.2 Å². The summed E-state index contributed by atoms with van der Waals surface area (Å²) in [6.07, 6.45) is 0. The van der Waals surface area contributed by atoms with Crippen LogP contribution in [0.25, 0.3) is 0 Å². The molecule has 0 aliphatic heterocycles. The third kappa shape index (κ3) is 4.89. The molecule has 0 fully saturated rings. The molecule has 2 aromatic carbocycles. The van der Waals surface area contributed by atoms with Crippen molar-refractivity contribution in [1.29, 1.82) is 0 Å². The number of likely N-dealkylation sites (N-methyl/N-ethyl adjacent to an activating group) is 1. The smallest absolute Gasteiger partial charge is 0.260 e. The summed E-state index contributed by atoms with van der Waals surface area (Å²) in [5.41, 5.74) is 3.24. The maximum atomic E-state index is 12.3. The highest BCUT2D eigenvalue weighted by Crippen LogP contribution is 2.25. The van der Waals surface area contributed by atoms with E-state index in [-0.39, 0.29) is 12.5 Å². The summed E-state index contributed by atoms with van der Waals surface area (Å²) in [6.45, 7) is 4.49. The lowest BCUT2D eigenvalue weighted by Gasteiger charge is -2.19. The van der Waals surface area contributed by atoms with Crippen molar-refractivity contribution in [3.63, 3.8) is 0 Å². The van der Waals surface area contributed by atoms with Gasteiger partial charge in [0.25, 0.3) is 5.91 Å². The first-order valence-corrected chi connectivity index (χ1v) is 8.09. The van der Waals surface area contributed by atoms with Gasteiger partial charge in [0.1, 0.15) is 17.2 Å². The normalized spacial score (nSPS) is 10.3. The largest absolute Gasteiger partial charge is 0.497 e. The standard InChI is InChI=1S/C20H25NO4/c1-14-6-8-18(10-15(14)2)25-13-20(22)21(3)12-16-7-9-17(23-4)11-19(16)24-5/h6-11H,12-13H2,1-5H3. The molecule has 2 rings (SSSR count). The zero-order chi connectivity index (χ0) is 18.4. The summed E-state index contributed by atoms with van der Waals surface area (Å²) < 4.78 is 16.2. The van der Waals surface area contributed by atoms with E-state index < -0.39 is 0 Å². The molecule has 0 aliphatic rings. The third-order valence-corrected chi connectivity index (χ3v) is 4.17. The maximum Gasteiger partial charge on any atom is 0.260 e. The van der Waals surface area contributed by atoms with Gasteiger partial charge in [-0.05, 0) is 49.2 Å². The third-order valence-electron chi connectivity index (χ3n) is 4.17. The monoisotopic (exact) mass is 343 g/mol. The molecular formula is C20H25NO4. The van der Waals surface area contributed by atoms with E-state index in [1.165, 1.54) is 5.56 Å². The highest BCUT2D eigenvalue weighted by atomic mass is 16.5. The molecule has 0 saturated carbocycles. The van der Waals surface area contributed by atoms with E-state index in [0.717, 1.165) is 11.1 Å². The molecule has 2 aromatic rings. The average molecular weight is 343 g/mol. The van der Waals surface area contributed by atoms with E-state index in [2.05, 4.69) is 0 Å². The van der Waals surface area contributed by atoms with Gasteiger partial charge in [-0.15, -0.1) is 0 Å². The predicted molar refractivity (Wildman–Crippen MR) is 97.4 cm³/mol. The zero-order valence-corrected chi connectivity index (χ0v) is 15.5. The molecule has 0 radical (unpaired) electrons. The van der Waals surface area contributed by atoms with Crippen molar-refractivity contribution >= 4 is 5.91 Å². The Morgan fingerprint density at radius 2 is 1.68 bits per heavy atom. The number of methoxy groups -OCH3 is 2. The van der Waals surface area contributed by atoms with Crippen LogP contribution in [0, 0.1) is 13.8 Å². The minimum Gasteiger partial charge on any atom is -0.497 e. The summed E-state index contributed by atoms with van der Waals surface area (Å²) in [5, 5.41) is 0. The Bertz CT molecular complexity index is 742. The SMILES string of the molecule is COc1ccc(CN(C)C(=O)COc2ccc(C)c(C)c2)c(OC)c1. The minimum absolute atomic E-state index is 0.00251. The van der Waals surface area contributed by atoms with Crippen molar-refractivity contribution < 1.29 is 19.0 Å². The number of aryl methyl sites for hydroxylation is 2. The van der Waals surface area contributed by atoms with Gasteiger partial charge in [-0.3, -0.25) is 4.79 Å². The molecule has 0 N–H and O–H groups in total. The van der Waals surface area contributed by atoms with Crippen LogP contribution in [0.15, 0.2) is 36.4 Å². The van der Waals surface area contributed by atoms with Gasteiger partial charge < -0.3 is 19.1 Å². The van der Waals surface area contributed by atoms with Gasteiger partial charge in [0.2, 0.25) is 0 Å². The molecule has 0 atom stereocenters. The number of nitrogens with zero attached hydrogens (tertiary/aromatic N) is 1. The fourth-order valence-corrected chi connectivity index (χ4v) is 2.39. The fourth-order valence-electron chi connectivity index (χ4n) is 2.39. The molecule has 5 nitrogen and oxygen atoms in total. The molecule has 0 heterocycles. The molecule has 0 unspecified atom stereocenters. The van der Waals surface area contributed by atoms with Crippen LogP contribution < -0.4 is 14.2 Å². The Labute approximate surface area is 149 Å². The van der Waals surface area contributed by atoms with Crippen molar-refractivity contribution in [2.45, 2.75) is 20.4 Å². The van der Waals surface area contributed by atoms with Crippen LogP contribution in [-0.4, -0.2) is 38.7 Å². The van der Waals surface area contributed by atoms with Gasteiger partial charge >= 0.3 is 0 Å². The second-order valence-electron chi connectivity index (χ2n) is 5.96. The second-order valence-corrected chi connectivity index (χ2v) is 5.96. The van der Waals surface area contributed by atoms with Crippen molar-refractivity contribution in [3.05, 3.63) is 53.1 Å². The van der Waals surface area contributed by atoms with E-state index in [4.69, 9.17) is 14.2 Å². The number of ether oxygens (including phenoxy) is 3. The number of benzene rings is 2. The van der Waals surface area contributed by atoms with Crippen molar-refractivity contribution in [3.8, 4) is 17.2 Å². The van der Waals surface area contributed by atoms with Gasteiger partial charge in [-0.25, -0.2) is 0 Å².